The number of nitrogens with zero attached hydrogens (tertiary/aromatic N) is 2. The van der Waals surface area contributed by atoms with Crippen LogP contribution in [0.3, 0.4) is 0 Å². The van der Waals surface area contributed by atoms with Gasteiger partial charge in [0.2, 0.25) is 0 Å². The van der Waals surface area contributed by atoms with Crippen molar-refractivity contribution < 1.29 is 18.4 Å². The van der Waals surface area contributed by atoms with Crippen LogP contribution < -0.4 is 10.2 Å². The second-order valence-corrected chi connectivity index (χ2v) is 7.54. The summed E-state index contributed by atoms with van der Waals surface area (Å²) in [7, 11) is -3.19. The summed E-state index contributed by atoms with van der Waals surface area (Å²) in [5, 5.41) is 23.9. The summed E-state index contributed by atoms with van der Waals surface area (Å²) in [6.45, 7) is 0. The number of phenols is 1. The lowest BCUT2D eigenvalue weighted by molar-refractivity contribution is -0.384. The van der Waals surface area contributed by atoms with Gasteiger partial charge in [-0.25, -0.2) is 8.42 Å². The lowest BCUT2D eigenvalue weighted by atomic mass is 10.1. The minimum atomic E-state index is -3.19. The van der Waals surface area contributed by atoms with E-state index in [-0.39, 0.29) is 39.8 Å². The molecule has 8 nitrogen and oxygen atoms in total. The lowest BCUT2D eigenvalue weighted by Crippen LogP contribution is -2.36. The molecule has 112 valence electrons. The number of hydrogen-bond acceptors (Lipinski definition) is 6. The molecule has 0 spiro atoms. The van der Waals surface area contributed by atoms with E-state index in [4.69, 9.17) is 12.2 Å². The van der Waals surface area contributed by atoms with Crippen LogP contribution in [-0.4, -0.2) is 47.1 Å². The first-order chi connectivity index (χ1) is 9.78. The van der Waals surface area contributed by atoms with Crippen LogP contribution in [0.25, 0.3) is 0 Å². The summed E-state index contributed by atoms with van der Waals surface area (Å²) in [5.74, 6) is -0.327. The molecule has 0 unspecified atom stereocenters. The molecule has 2 heterocycles. The normalized spacial score (nSPS) is 26.5. The number of thiocarbonyl (C=S) groups is 1. The topological polar surface area (TPSA) is 113 Å². The van der Waals surface area contributed by atoms with Crippen molar-refractivity contribution in [1.82, 2.24) is 5.32 Å². The molecule has 0 amide bonds. The zero-order valence-corrected chi connectivity index (χ0v) is 12.2. The van der Waals surface area contributed by atoms with Gasteiger partial charge in [-0.2, -0.15) is 0 Å². The Labute approximate surface area is 125 Å². The van der Waals surface area contributed by atoms with Crippen molar-refractivity contribution in [2.75, 3.05) is 16.4 Å². The fourth-order valence-corrected chi connectivity index (χ4v) is 4.98. The first-order valence-electron chi connectivity index (χ1n) is 6.06. The molecule has 0 radical (unpaired) electrons. The number of benzene rings is 1. The second kappa shape index (κ2) is 4.53. The van der Waals surface area contributed by atoms with Gasteiger partial charge in [0.25, 0.3) is 5.69 Å². The summed E-state index contributed by atoms with van der Waals surface area (Å²) < 4.78 is 23.4. The van der Waals surface area contributed by atoms with Crippen molar-refractivity contribution >= 4 is 38.5 Å². The third-order valence-corrected chi connectivity index (χ3v) is 5.64. The maximum atomic E-state index is 11.7. The summed E-state index contributed by atoms with van der Waals surface area (Å²) in [6.07, 6.45) is 0. The first-order valence-corrected chi connectivity index (χ1v) is 8.29. The highest BCUT2D eigenvalue weighted by molar-refractivity contribution is 7.91. The summed E-state index contributed by atoms with van der Waals surface area (Å²) in [4.78, 5) is 11.7. The van der Waals surface area contributed by atoms with Crippen molar-refractivity contribution in [1.29, 1.82) is 0 Å². The van der Waals surface area contributed by atoms with Crippen LogP contribution in [0.4, 0.5) is 11.4 Å². The van der Waals surface area contributed by atoms with Gasteiger partial charge >= 0.3 is 0 Å². The standard InChI is InChI=1S/C11H11N3O5S2/c15-10-2-1-6(14(16)17)3-8(10)13-9-5-21(18,19)4-7(9)12-11(13)20/h1-3,7,9,15H,4-5H2,(H,12,20)/t7-,9-/m1/s1. The molecular weight excluding hydrogens is 318 g/mol. The number of rotatable bonds is 2. The van der Waals surface area contributed by atoms with Gasteiger partial charge in [0.05, 0.1) is 34.2 Å². The van der Waals surface area contributed by atoms with Crippen molar-refractivity contribution in [2.24, 2.45) is 0 Å². The average Bonchev–Trinajstić information content (AvgIpc) is 2.80. The molecule has 3 rings (SSSR count). The minimum Gasteiger partial charge on any atom is -0.506 e. The molecule has 2 saturated heterocycles. The molecule has 0 bridgehead atoms. The Morgan fingerprint density at radius 1 is 1.43 bits per heavy atom. The molecule has 2 aliphatic rings. The van der Waals surface area contributed by atoms with E-state index in [1.54, 1.807) is 0 Å². The molecule has 1 aromatic rings. The SMILES string of the molecule is O=[N+]([O-])c1ccc(O)c(N2C(=S)N[C@@H]3CS(=O)(=O)C[C@H]32)c1. The maximum absolute atomic E-state index is 11.7. The number of fused-ring (bicyclic) bond motifs is 1. The Kier molecular flexibility index (Phi) is 3.02. The molecule has 10 heteroatoms. The van der Waals surface area contributed by atoms with Gasteiger partial charge in [0.1, 0.15) is 5.75 Å². The van der Waals surface area contributed by atoms with Crippen molar-refractivity contribution in [3.05, 3.63) is 28.3 Å². The largest absolute Gasteiger partial charge is 0.506 e. The van der Waals surface area contributed by atoms with Crippen LogP contribution >= 0.6 is 12.2 Å². The minimum absolute atomic E-state index is 0.0377. The number of hydrogen-bond donors (Lipinski definition) is 2. The van der Waals surface area contributed by atoms with Crippen LogP contribution in [-0.2, 0) is 9.84 Å². The highest BCUT2D eigenvalue weighted by atomic mass is 32.2. The van der Waals surface area contributed by atoms with Gasteiger partial charge in [-0.15, -0.1) is 0 Å². The van der Waals surface area contributed by atoms with Crippen LogP contribution in [0, 0.1) is 10.1 Å². The van der Waals surface area contributed by atoms with Crippen LogP contribution in [0.2, 0.25) is 0 Å². The van der Waals surface area contributed by atoms with E-state index in [2.05, 4.69) is 5.32 Å². The number of nitrogens with one attached hydrogen (secondary N) is 1. The predicted octanol–water partition coefficient (Wildman–Crippen LogP) is 0.161. The Bertz CT molecular complexity index is 748. The Balaban J connectivity index is 2.05. The number of phenolic OH excluding ortho intramolecular Hbond substituents is 1. The number of anilines is 1. The molecule has 2 aliphatic heterocycles. The zero-order valence-electron chi connectivity index (χ0n) is 10.6. The van der Waals surface area contributed by atoms with Crippen molar-refractivity contribution in [3.63, 3.8) is 0 Å². The molecule has 2 N–H and O–H groups in total. The van der Waals surface area contributed by atoms with E-state index >= 15 is 0 Å². The number of nitro benzene ring substituents is 1. The van der Waals surface area contributed by atoms with E-state index in [0.717, 1.165) is 0 Å². The quantitative estimate of drug-likeness (QED) is 0.448. The molecule has 2 atom stereocenters. The Morgan fingerprint density at radius 3 is 2.81 bits per heavy atom. The van der Waals surface area contributed by atoms with Gasteiger partial charge in [0.15, 0.2) is 14.9 Å². The van der Waals surface area contributed by atoms with Crippen LogP contribution in [0.15, 0.2) is 18.2 Å². The molecule has 0 saturated carbocycles. The fraction of sp³-hybridized carbons (Fsp3) is 0.364. The van der Waals surface area contributed by atoms with Gasteiger partial charge in [-0.3, -0.25) is 10.1 Å². The molecule has 0 aliphatic carbocycles. The first kappa shape index (κ1) is 14.0. The fourth-order valence-electron chi connectivity index (χ4n) is 2.71. The van der Waals surface area contributed by atoms with Gasteiger partial charge in [-0.1, -0.05) is 0 Å². The van der Waals surface area contributed by atoms with E-state index in [1.165, 1.54) is 23.1 Å². The second-order valence-electron chi connectivity index (χ2n) is 5.00. The Hall–Kier alpha value is -1.94. The molecule has 1 aromatic carbocycles. The highest BCUT2D eigenvalue weighted by Gasteiger charge is 2.48. The molecule has 21 heavy (non-hydrogen) atoms. The van der Waals surface area contributed by atoms with Gasteiger partial charge < -0.3 is 15.3 Å². The van der Waals surface area contributed by atoms with E-state index in [1.807, 2.05) is 0 Å². The van der Waals surface area contributed by atoms with E-state index in [0.29, 0.717) is 0 Å². The van der Waals surface area contributed by atoms with Crippen LogP contribution in [0.5, 0.6) is 5.75 Å². The summed E-state index contributed by atoms with van der Waals surface area (Å²) in [5.41, 5.74) is -0.0544. The monoisotopic (exact) mass is 329 g/mol. The van der Waals surface area contributed by atoms with E-state index < -0.39 is 20.8 Å². The van der Waals surface area contributed by atoms with Gasteiger partial charge in [0, 0.05) is 12.1 Å². The number of non-ortho nitro benzene ring substituents is 1. The smallest absolute Gasteiger partial charge is 0.271 e. The van der Waals surface area contributed by atoms with Crippen molar-refractivity contribution in [2.45, 2.75) is 12.1 Å². The predicted molar refractivity (Wildman–Crippen MR) is 79.2 cm³/mol. The molecular formula is C11H11N3O5S2. The highest BCUT2D eigenvalue weighted by Crippen LogP contribution is 2.37. The third-order valence-electron chi connectivity index (χ3n) is 3.61. The van der Waals surface area contributed by atoms with E-state index in [9.17, 15) is 23.6 Å². The Morgan fingerprint density at radius 2 is 2.14 bits per heavy atom. The van der Waals surface area contributed by atoms with Gasteiger partial charge in [-0.05, 0) is 18.3 Å². The summed E-state index contributed by atoms with van der Waals surface area (Å²) >= 11 is 5.16. The molecule has 0 aromatic heterocycles. The lowest BCUT2D eigenvalue weighted by Gasteiger charge is -2.23. The number of nitro groups is 1. The maximum Gasteiger partial charge on any atom is 0.271 e. The zero-order chi connectivity index (χ0) is 15.4. The number of sulfone groups is 1. The average molecular weight is 329 g/mol. The molecule has 2 fully saturated rings. The van der Waals surface area contributed by atoms with Crippen molar-refractivity contribution in [3.8, 4) is 5.75 Å². The number of aromatic hydroxyl groups is 1. The summed E-state index contributed by atoms with van der Waals surface area (Å²) in [6, 6.07) is 2.74. The van der Waals surface area contributed by atoms with Crippen LogP contribution in [0.1, 0.15) is 0 Å². The third kappa shape index (κ3) is 2.29.